The number of pyridine rings is 1. The molecule has 10 bridgehead atoms. The van der Waals surface area contributed by atoms with E-state index < -0.39 is 60.3 Å². The minimum Gasteiger partial charge on any atom is -0.386 e. The van der Waals surface area contributed by atoms with E-state index in [0.717, 1.165) is 11.3 Å². The number of aliphatic hydroxyl groups is 1. The third-order valence-electron chi connectivity index (χ3n) is 14.9. The number of carbonyl (C=O) groups is 7. The second kappa shape index (κ2) is 29.9. The Kier molecular flexibility index (Phi) is 21.7. The Bertz CT molecular complexity index is 3890. The lowest BCUT2D eigenvalue weighted by Crippen LogP contribution is -2.40. The lowest BCUT2D eigenvalue weighted by atomic mass is 9.81. The molecule has 4 atom stereocenters. The first kappa shape index (κ1) is 65.2. The molecule has 0 radical (unpaired) electrons. The summed E-state index contributed by atoms with van der Waals surface area (Å²) in [6, 6.07) is 9.59. The van der Waals surface area contributed by atoms with Crippen LogP contribution in [0, 0.1) is 24.7 Å². The fourth-order valence-electron chi connectivity index (χ4n) is 10.1. The zero-order valence-corrected chi connectivity index (χ0v) is 54.4. The molecule has 1 aromatic carbocycles. The van der Waals surface area contributed by atoms with Gasteiger partial charge in [-0.25, -0.2) is 34.9 Å². The van der Waals surface area contributed by atoms with E-state index in [-0.39, 0.29) is 59.7 Å². The summed E-state index contributed by atoms with van der Waals surface area (Å²) in [5.41, 5.74) is 8.01. The van der Waals surface area contributed by atoms with E-state index >= 15 is 0 Å². The summed E-state index contributed by atoms with van der Waals surface area (Å²) in [5.74, 6) is -3.42. The third kappa shape index (κ3) is 15.5. The number of ether oxygens (including phenoxy) is 1. The lowest BCUT2D eigenvalue weighted by molar-refractivity contribution is -0.128. The molecular weight excluding hydrogens is 1270 g/mol. The van der Waals surface area contributed by atoms with Gasteiger partial charge >= 0.3 is 0 Å². The Labute approximate surface area is 541 Å². The Morgan fingerprint density at radius 3 is 2.20 bits per heavy atom. The molecular formula is C59H66N16O9S6. The monoisotopic (exact) mass is 1330 g/mol. The summed E-state index contributed by atoms with van der Waals surface area (Å²) in [6.07, 6.45) is 2.44. The second-order valence-corrected chi connectivity index (χ2v) is 27.5. The van der Waals surface area contributed by atoms with Gasteiger partial charge in [-0.2, -0.15) is 0 Å². The van der Waals surface area contributed by atoms with Crippen LogP contribution in [-0.4, -0.2) is 128 Å². The first-order chi connectivity index (χ1) is 43.5. The number of hydrogen-bond acceptors (Lipinski definition) is 24. The number of aryl methyl sites for hydroxylation is 1. The number of nitrogens with zero attached hydrogens (tertiary/aromatic N) is 7. The van der Waals surface area contributed by atoms with Crippen LogP contribution in [0.5, 0.6) is 0 Å². The number of nitrogens with two attached hydrogens (primary N) is 1. The molecule has 1 fully saturated rings. The number of methoxy groups -OCH3 is 1. The maximum absolute atomic E-state index is 14.4. The van der Waals surface area contributed by atoms with Crippen LogP contribution in [-0.2, 0) is 30.5 Å². The Morgan fingerprint density at radius 1 is 0.711 bits per heavy atom. The first-order valence-corrected chi connectivity index (χ1v) is 34.0. The average molecular weight is 1340 g/mol. The third-order valence-corrected chi connectivity index (χ3v) is 20.8. The van der Waals surface area contributed by atoms with Crippen LogP contribution in [0.25, 0.3) is 42.5 Å². The highest BCUT2D eigenvalue weighted by Gasteiger charge is 2.34. The topological polar surface area (TPSA) is 361 Å². The van der Waals surface area contributed by atoms with Gasteiger partial charge in [-0.3, -0.25) is 33.6 Å². The number of aliphatic hydroxyl groups excluding tert-OH is 1. The van der Waals surface area contributed by atoms with Crippen LogP contribution < -0.4 is 48.3 Å². The Balaban J connectivity index is 0.982. The number of carbonyl (C=O) groups excluding carboxylic acids is 7. The molecule has 7 aromatic heterocycles. The van der Waals surface area contributed by atoms with E-state index in [0.29, 0.717) is 131 Å². The zero-order valence-electron chi connectivity index (χ0n) is 49.5. The van der Waals surface area contributed by atoms with Gasteiger partial charge in [0.2, 0.25) is 23.6 Å². The summed E-state index contributed by atoms with van der Waals surface area (Å²) < 4.78 is 5.46. The number of benzene rings is 1. The van der Waals surface area contributed by atoms with Gasteiger partial charge in [0.25, 0.3) is 17.7 Å². The number of nitrogens with one attached hydrogen (secondary N) is 8. The van der Waals surface area contributed by atoms with Gasteiger partial charge in [0.1, 0.15) is 70.8 Å². The smallest absolute Gasteiger partial charge is 0.271 e. The number of hydrogen-bond donors (Lipinski definition) is 10. The molecule has 2 aliphatic rings. The van der Waals surface area contributed by atoms with Gasteiger partial charge in [-0.05, 0) is 56.2 Å². The minimum absolute atomic E-state index is 0.000957. The second-order valence-electron chi connectivity index (χ2n) is 21.5. The maximum atomic E-state index is 14.4. The van der Waals surface area contributed by atoms with E-state index in [9.17, 15) is 38.7 Å². The van der Waals surface area contributed by atoms with Crippen molar-refractivity contribution in [2.24, 2.45) is 23.5 Å². The highest BCUT2D eigenvalue weighted by molar-refractivity contribution is 7.19. The molecule has 0 saturated heterocycles. The Hall–Kier alpha value is -7.72. The standard InChI is InChI=1S/C59H66N16O9S6/c1-28(2)43-59-75-46(39(90-59)24-84-5)52(82)64-23-42(77)72-47(48(78)30-9-7-6-8-10-30)58-69-37(26-86-58)55-65-22-38(89-55)45-33(54-68-36(25-85-54)51(81)67-35(21-41(76)61-4)57-74-44(29(3)88-57)53(83)73-43)15-16-34(66-45)56-71-40(27-87-56)70-50(80)32-13-11-31(12-14-32)49(79)63-20-19-62-18-17-60/h6-10,15-16,22,25-28,31-32,35,43,47-48,62,78H,11-14,17-21,23-24,60H2,1-5H3,(H,61,76)(H,63,79)(H,64,82)(H,67,81)(H,70,80)(H,72,77)(H,73,83)/t31?,32?,35-,43-,47-,48-/m0/s1. The van der Waals surface area contributed by atoms with Gasteiger partial charge in [0.15, 0.2) is 0 Å². The van der Waals surface area contributed by atoms with Crippen LogP contribution in [0.4, 0.5) is 5.82 Å². The average Bonchev–Trinajstić information content (AvgIpc) is 1.66. The number of rotatable bonds is 16. The normalized spacial score (nSPS) is 18.6. The predicted molar refractivity (Wildman–Crippen MR) is 346 cm³/mol. The highest BCUT2D eigenvalue weighted by atomic mass is 32.1. The van der Waals surface area contributed by atoms with Crippen LogP contribution in [0.1, 0.15) is 132 Å². The maximum Gasteiger partial charge on any atom is 0.271 e. The van der Waals surface area contributed by atoms with E-state index in [4.69, 9.17) is 45.4 Å². The molecule has 8 heterocycles. The van der Waals surface area contributed by atoms with Gasteiger partial charge in [-0.15, -0.1) is 68.0 Å². The molecule has 1 aliphatic carbocycles. The molecule has 25 nitrogen and oxygen atoms in total. The van der Waals surface area contributed by atoms with Crippen LogP contribution in [0.15, 0.2) is 64.8 Å². The van der Waals surface area contributed by atoms with Crippen molar-refractivity contribution >= 4 is 115 Å². The molecule has 472 valence electrons. The molecule has 0 unspecified atom stereocenters. The molecule has 90 heavy (non-hydrogen) atoms. The van der Waals surface area contributed by atoms with Gasteiger partial charge < -0.3 is 58.1 Å². The molecule has 31 heteroatoms. The van der Waals surface area contributed by atoms with E-state index in [1.54, 1.807) is 65.7 Å². The molecule has 11 N–H and O–H groups in total. The van der Waals surface area contributed by atoms with Crippen molar-refractivity contribution in [1.29, 1.82) is 0 Å². The van der Waals surface area contributed by atoms with Gasteiger partial charge in [-0.1, -0.05) is 44.2 Å². The quantitative estimate of drug-likeness (QED) is 0.0449. The fourth-order valence-corrected chi connectivity index (χ4v) is 15.7. The Morgan fingerprint density at radius 2 is 1.46 bits per heavy atom. The summed E-state index contributed by atoms with van der Waals surface area (Å²) in [6.45, 7) is 7.29. The molecule has 10 rings (SSSR count). The van der Waals surface area contributed by atoms with Gasteiger partial charge in [0, 0.05) is 84.9 Å². The first-order valence-electron chi connectivity index (χ1n) is 28.9. The summed E-state index contributed by atoms with van der Waals surface area (Å²) in [7, 11) is 2.95. The highest BCUT2D eigenvalue weighted by Crippen LogP contribution is 2.42. The van der Waals surface area contributed by atoms with Crippen LogP contribution in [0.3, 0.4) is 0 Å². The molecule has 8 aromatic rings. The fraction of sp³-hybridized carbons (Fsp3) is 0.390. The van der Waals surface area contributed by atoms with E-state index in [1.807, 2.05) is 19.9 Å². The van der Waals surface area contributed by atoms with Crippen LogP contribution in [0.2, 0.25) is 0 Å². The summed E-state index contributed by atoms with van der Waals surface area (Å²) in [5, 5.41) is 42.8. The SMILES string of the molecule is CNC(=O)C[C@@H]1NC(=O)c2csc(n2)-c2ccc(-c3nc(NC(=O)C4CCC(C(=O)NCCNCCN)CC4)cs3)nc2-c2cnc(s2)-c2csc(n2)[C@H]([C@@H](O)c2ccccc2)NC(=O)CNC(=O)c2nc(sc2COC)[C@H](C(C)C)NC(=O)c2nc1sc2C. The number of aromatic nitrogens is 7. The zero-order chi connectivity index (χ0) is 63.6. The number of anilines is 1. The minimum atomic E-state index is -1.28. The molecule has 1 aliphatic heterocycles. The van der Waals surface area contributed by atoms with Crippen molar-refractivity contribution in [3.63, 3.8) is 0 Å². The van der Waals surface area contributed by atoms with E-state index in [1.165, 1.54) is 70.8 Å². The number of amides is 7. The van der Waals surface area contributed by atoms with Crippen molar-refractivity contribution in [2.45, 2.75) is 83.7 Å². The lowest BCUT2D eigenvalue weighted by Gasteiger charge is -2.26. The van der Waals surface area contributed by atoms with Crippen molar-refractivity contribution in [2.75, 3.05) is 52.2 Å². The molecule has 0 spiro atoms. The summed E-state index contributed by atoms with van der Waals surface area (Å²) >= 11 is 7.26. The van der Waals surface area contributed by atoms with Crippen molar-refractivity contribution in [3.8, 4) is 42.5 Å². The summed E-state index contributed by atoms with van der Waals surface area (Å²) in [4.78, 5) is 132. The molecule has 7 amide bonds. The van der Waals surface area contributed by atoms with Crippen LogP contribution >= 0.6 is 68.0 Å². The predicted octanol–water partition coefficient (Wildman–Crippen LogP) is 6.72. The largest absolute Gasteiger partial charge is 0.386 e. The van der Waals surface area contributed by atoms with Crippen molar-refractivity contribution in [1.82, 2.24) is 72.1 Å². The van der Waals surface area contributed by atoms with Crippen molar-refractivity contribution < 1.29 is 43.4 Å². The van der Waals surface area contributed by atoms with E-state index in [2.05, 4.69) is 42.5 Å². The number of thiazole rings is 6. The number of fused-ring (bicyclic) bond motifs is 14. The van der Waals surface area contributed by atoms with Gasteiger partial charge in [0.05, 0.1) is 52.8 Å². The van der Waals surface area contributed by atoms with Crippen molar-refractivity contribution in [3.05, 3.63) is 112 Å². The molecule has 1 saturated carbocycles.